The van der Waals surface area contributed by atoms with Gasteiger partial charge in [0.15, 0.2) is 0 Å². The van der Waals surface area contributed by atoms with Gasteiger partial charge in [-0.25, -0.2) is 13.1 Å². The van der Waals surface area contributed by atoms with E-state index in [4.69, 9.17) is 4.42 Å². The Kier molecular flexibility index (Phi) is 4.26. The van der Waals surface area contributed by atoms with E-state index in [1.807, 2.05) is 6.07 Å². The van der Waals surface area contributed by atoms with Crippen LogP contribution in [0.1, 0.15) is 35.7 Å². The standard InChI is InChI=1S/C15H19N3O3S/c1-11-17-18-15(21-11)8-9-16-22(19,20)14-7-6-12-4-2-3-5-13(12)10-14/h6-7,10,16H,2-5,8-9H2,1H3. The van der Waals surface area contributed by atoms with Crippen molar-refractivity contribution in [2.75, 3.05) is 6.54 Å². The zero-order valence-corrected chi connectivity index (χ0v) is 13.3. The second kappa shape index (κ2) is 6.18. The number of fused-ring (bicyclic) bond motifs is 1. The molecule has 1 aliphatic carbocycles. The van der Waals surface area contributed by atoms with Crippen molar-refractivity contribution in [3.05, 3.63) is 41.1 Å². The van der Waals surface area contributed by atoms with E-state index in [1.54, 1.807) is 19.1 Å². The number of sulfonamides is 1. The third-order valence-electron chi connectivity index (χ3n) is 3.83. The van der Waals surface area contributed by atoms with Crippen LogP contribution in [-0.4, -0.2) is 25.2 Å². The molecule has 118 valence electrons. The molecular weight excluding hydrogens is 302 g/mol. The summed E-state index contributed by atoms with van der Waals surface area (Å²) in [5.74, 6) is 0.915. The molecule has 0 fully saturated rings. The Bertz CT molecular complexity index is 768. The molecule has 1 aromatic heterocycles. The van der Waals surface area contributed by atoms with E-state index in [0.29, 0.717) is 23.1 Å². The second-order valence-electron chi connectivity index (χ2n) is 5.50. The molecule has 22 heavy (non-hydrogen) atoms. The van der Waals surface area contributed by atoms with Crippen molar-refractivity contribution in [1.82, 2.24) is 14.9 Å². The number of benzene rings is 1. The summed E-state index contributed by atoms with van der Waals surface area (Å²) in [5, 5.41) is 7.56. The minimum absolute atomic E-state index is 0.237. The molecule has 2 aromatic rings. The summed E-state index contributed by atoms with van der Waals surface area (Å²) in [5.41, 5.74) is 2.42. The maximum absolute atomic E-state index is 12.3. The number of hydrogen-bond donors (Lipinski definition) is 1. The highest BCUT2D eigenvalue weighted by atomic mass is 32.2. The molecule has 0 unspecified atom stereocenters. The minimum atomic E-state index is -3.50. The first kappa shape index (κ1) is 15.2. The summed E-state index contributed by atoms with van der Waals surface area (Å²) in [6.45, 7) is 1.94. The zero-order valence-electron chi connectivity index (χ0n) is 12.5. The summed E-state index contributed by atoms with van der Waals surface area (Å²) in [4.78, 5) is 0.329. The molecule has 0 amide bonds. The molecule has 0 saturated carbocycles. The van der Waals surface area contributed by atoms with E-state index in [2.05, 4.69) is 14.9 Å². The Balaban J connectivity index is 1.67. The number of nitrogens with zero attached hydrogens (tertiary/aromatic N) is 2. The second-order valence-corrected chi connectivity index (χ2v) is 7.27. The fraction of sp³-hybridized carbons (Fsp3) is 0.467. The average molecular weight is 321 g/mol. The van der Waals surface area contributed by atoms with Gasteiger partial charge < -0.3 is 4.42 Å². The summed E-state index contributed by atoms with van der Waals surface area (Å²) >= 11 is 0. The van der Waals surface area contributed by atoms with E-state index in [1.165, 1.54) is 12.0 Å². The van der Waals surface area contributed by atoms with Gasteiger partial charge in [-0.15, -0.1) is 10.2 Å². The molecule has 1 aliphatic rings. The van der Waals surface area contributed by atoms with E-state index in [-0.39, 0.29) is 6.54 Å². The van der Waals surface area contributed by atoms with E-state index in [0.717, 1.165) is 24.8 Å². The summed E-state index contributed by atoms with van der Waals surface area (Å²) in [6, 6.07) is 5.42. The molecule has 7 heteroatoms. The van der Waals surface area contributed by atoms with Crippen molar-refractivity contribution in [2.24, 2.45) is 0 Å². The van der Waals surface area contributed by atoms with Crippen LogP contribution < -0.4 is 4.72 Å². The molecule has 0 spiro atoms. The highest BCUT2D eigenvalue weighted by Crippen LogP contribution is 2.23. The minimum Gasteiger partial charge on any atom is -0.426 e. The van der Waals surface area contributed by atoms with Gasteiger partial charge >= 0.3 is 0 Å². The van der Waals surface area contributed by atoms with Crippen LogP contribution in [0.15, 0.2) is 27.5 Å². The monoisotopic (exact) mass is 321 g/mol. The van der Waals surface area contributed by atoms with Gasteiger partial charge in [0.1, 0.15) is 0 Å². The summed E-state index contributed by atoms with van der Waals surface area (Å²) < 4.78 is 32.5. The number of aromatic nitrogens is 2. The van der Waals surface area contributed by atoms with Gasteiger partial charge in [0, 0.05) is 19.9 Å². The van der Waals surface area contributed by atoms with Gasteiger partial charge in [0.25, 0.3) is 0 Å². The number of nitrogens with one attached hydrogen (secondary N) is 1. The van der Waals surface area contributed by atoms with Crippen LogP contribution in [0.25, 0.3) is 0 Å². The lowest BCUT2D eigenvalue weighted by Crippen LogP contribution is -2.26. The van der Waals surface area contributed by atoms with Gasteiger partial charge in [-0.3, -0.25) is 0 Å². The zero-order chi connectivity index (χ0) is 15.6. The van der Waals surface area contributed by atoms with Crippen LogP contribution in [0.5, 0.6) is 0 Å². The van der Waals surface area contributed by atoms with E-state index >= 15 is 0 Å². The molecule has 1 heterocycles. The van der Waals surface area contributed by atoms with Gasteiger partial charge in [-0.05, 0) is 48.9 Å². The smallest absolute Gasteiger partial charge is 0.240 e. The number of aryl methyl sites for hydroxylation is 3. The highest BCUT2D eigenvalue weighted by Gasteiger charge is 2.17. The van der Waals surface area contributed by atoms with Crippen molar-refractivity contribution < 1.29 is 12.8 Å². The molecule has 1 aromatic carbocycles. The third kappa shape index (κ3) is 3.36. The summed E-state index contributed by atoms with van der Waals surface area (Å²) in [7, 11) is -3.50. The Morgan fingerprint density at radius 3 is 2.68 bits per heavy atom. The molecule has 6 nitrogen and oxygen atoms in total. The number of hydrogen-bond acceptors (Lipinski definition) is 5. The molecule has 0 bridgehead atoms. The Hall–Kier alpha value is -1.73. The topological polar surface area (TPSA) is 85.1 Å². The Morgan fingerprint density at radius 2 is 1.95 bits per heavy atom. The maximum Gasteiger partial charge on any atom is 0.240 e. The maximum atomic E-state index is 12.3. The molecule has 1 N–H and O–H groups in total. The molecule has 0 aliphatic heterocycles. The normalized spacial score (nSPS) is 14.8. The van der Waals surface area contributed by atoms with Crippen LogP contribution >= 0.6 is 0 Å². The molecule has 3 rings (SSSR count). The first-order chi connectivity index (χ1) is 10.5. The average Bonchev–Trinajstić information content (AvgIpc) is 2.92. The first-order valence-corrected chi connectivity index (χ1v) is 8.93. The van der Waals surface area contributed by atoms with Crippen LogP contribution in [0.3, 0.4) is 0 Å². The largest absolute Gasteiger partial charge is 0.426 e. The number of rotatable bonds is 5. The molecule has 0 radical (unpaired) electrons. The highest BCUT2D eigenvalue weighted by molar-refractivity contribution is 7.89. The first-order valence-electron chi connectivity index (χ1n) is 7.45. The SMILES string of the molecule is Cc1nnc(CCNS(=O)(=O)c2ccc3c(c2)CCCC3)o1. The van der Waals surface area contributed by atoms with Crippen molar-refractivity contribution in [3.8, 4) is 0 Å². The quantitative estimate of drug-likeness (QED) is 0.907. The molecular formula is C15H19N3O3S. The predicted octanol–water partition coefficient (Wildman–Crippen LogP) is 1.78. The van der Waals surface area contributed by atoms with Gasteiger partial charge in [0.2, 0.25) is 21.8 Å². The molecule has 0 atom stereocenters. The predicted molar refractivity (Wildman–Crippen MR) is 81.0 cm³/mol. The van der Waals surface area contributed by atoms with Crippen molar-refractivity contribution in [1.29, 1.82) is 0 Å². The van der Waals surface area contributed by atoms with E-state index < -0.39 is 10.0 Å². The Labute approximate surface area is 130 Å². The lowest BCUT2D eigenvalue weighted by molar-refractivity contribution is 0.466. The van der Waals surface area contributed by atoms with Gasteiger partial charge in [0.05, 0.1) is 4.90 Å². The van der Waals surface area contributed by atoms with Crippen LogP contribution in [0.4, 0.5) is 0 Å². The fourth-order valence-electron chi connectivity index (χ4n) is 2.69. The van der Waals surface area contributed by atoms with Crippen LogP contribution in [0, 0.1) is 6.92 Å². The lowest BCUT2D eigenvalue weighted by atomic mass is 9.92. The third-order valence-corrected chi connectivity index (χ3v) is 5.29. The van der Waals surface area contributed by atoms with Crippen LogP contribution in [0.2, 0.25) is 0 Å². The summed E-state index contributed by atoms with van der Waals surface area (Å²) in [6.07, 6.45) is 4.69. The van der Waals surface area contributed by atoms with E-state index in [9.17, 15) is 8.42 Å². The lowest BCUT2D eigenvalue weighted by Gasteiger charge is -2.16. The molecule has 0 saturated heterocycles. The van der Waals surface area contributed by atoms with Crippen molar-refractivity contribution in [3.63, 3.8) is 0 Å². The Morgan fingerprint density at radius 1 is 1.18 bits per heavy atom. The van der Waals surface area contributed by atoms with Gasteiger partial charge in [-0.2, -0.15) is 0 Å². The van der Waals surface area contributed by atoms with Crippen molar-refractivity contribution in [2.45, 2.75) is 43.9 Å². The fourth-order valence-corrected chi connectivity index (χ4v) is 3.77. The van der Waals surface area contributed by atoms with Crippen molar-refractivity contribution >= 4 is 10.0 Å². The van der Waals surface area contributed by atoms with Crippen LogP contribution in [-0.2, 0) is 29.3 Å². The van der Waals surface area contributed by atoms with Gasteiger partial charge in [-0.1, -0.05) is 6.07 Å².